The van der Waals surface area contributed by atoms with Crippen molar-refractivity contribution in [3.8, 4) is 0 Å². The first kappa shape index (κ1) is 16.9. The minimum atomic E-state index is -3.48. The van der Waals surface area contributed by atoms with Crippen molar-refractivity contribution in [3.63, 3.8) is 0 Å². The summed E-state index contributed by atoms with van der Waals surface area (Å²) in [5, 5.41) is 0. The Bertz CT molecular complexity index is 608. The van der Waals surface area contributed by atoms with Crippen molar-refractivity contribution in [1.82, 2.24) is 9.21 Å². The molecule has 2 rings (SSSR count). The third kappa shape index (κ3) is 3.48. The van der Waals surface area contributed by atoms with E-state index in [0.29, 0.717) is 31.1 Å². The summed E-state index contributed by atoms with van der Waals surface area (Å²) < 4.78 is 26.4. The van der Waals surface area contributed by atoms with Crippen LogP contribution in [0.4, 0.5) is 0 Å². The molecule has 0 spiro atoms. The molecule has 1 aromatic carbocycles. The van der Waals surface area contributed by atoms with Crippen molar-refractivity contribution in [2.24, 2.45) is 11.7 Å². The molecule has 1 heterocycles. The molecule has 0 saturated carbocycles. The van der Waals surface area contributed by atoms with E-state index in [-0.39, 0.29) is 17.9 Å². The fraction of sp³-hybridized carbons (Fsp3) is 0.533. The summed E-state index contributed by atoms with van der Waals surface area (Å²) in [7, 11) is -3.48. The van der Waals surface area contributed by atoms with Crippen LogP contribution in [0.1, 0.15) is 13.8 Å². The predicted molar refractivity (Wildman–Crippen MR) is 84.6 cm³/mol. The van der Waals surface area contributed by atoms with Gasteiger partial charge < -0.3 is 10.6 Å². The summed E-state index contributed by atoms with van der Waals surface area (Å²) in [4.78, 5) is 14.2. The molecule has 122 valence electrons. The van der Waals surface area contributed by atoms with Crippen LogP contribution >= 0.6 is 0 Å². The van der Waals surface area contributed by atoms with Crippen LogP contribution in [0, 0.1) is 5.92 Å². The van der Waals surface area contributed by atoms with Gasteiger partial charge in [-0.1, -0.05) is 25.1 Å². The number of nitrogens with two attached hydrogens (primary N) is 1. The molecule has 0 aliphatic carbocycles. The van der Waals surface area contributed by atoms with E-state index in [1.54, 1.807) is 49.1 Å². The van der Waals surface area contributed by atoms with Gasteiger partial charge in [-0.25, -0.2) is 8.42 Å². The van der Waals surface area contributed by atoms with Crippen molar-refractivity contribution < 1.29 is 13.2 Å². The van der Waals surface area contributed by atoms with E-state index in [1.165, 1.54) is 4.31 Å². The fourth-order valence-electron chi connectivity index (χ4n) is 2.40. The molecule has 6 nitrogen and oxygen atoms in total. The van der Waals surface area contributed by atoms with Crippen LogP contribution in [-0.2, 0) is 14.8 Å². The van der Waals surface area contributed by atoms with E-state index in [2.05, 4.69) is 0 Å². The predicted octanol–water partition coefficient (Wildman–Crippen LogP) is 0.503. The minimum absolute atomic E-state index is 0.00763. The Labute approximate surface area is 131 Å². The van der Waals surface area contributed by atoms with Crippen molar-refractivity contribution in [2.45, 2.75) is 24.8 Å². The smallest absolute Gasteiger partial charge is 0.243 e. The van der Waals surface area contributed by atoms with Crippen molar-refractivity contribution in [3.05, 3.63) is 30.3 Å². The zero-order valence-corrected chi connectivity index (χ0v) is 13.8. The van der Waals surface area contributed by atoms with Crippen LogP contribution in [-0.4, -0.2) is 55.8 Å². The highest BCUT2D eigenvalue weighted by atomic mass is 32.2. The topological polar surface area (TPSA) is 83.7 Å². The van der Waals surface area contributed by atoms with Crippen LogP contribution in [0.2, 0.25) is 0 Å². The lowest BCUT2D eigenvalue weighted by atomic mass is 10.0. The molecule has 1 aliphatic rings. The van der Waals surface area contributed by atoms with Gasteiger partial charge in [0.2, 0.25) is 15.9 Å². The second-order valence-electron chi connectivity index (χ2n) is 5.69. The van der Waals surface area contributed by atoms with Gasteiger partial charge >= 0.3 is 0 Å². The Hall–Kier alpha value is -1.44. The number of carbonyl (C=O) groups excluding carboxylic acids is 1. The number of hydrogen-bond donors (Lipinski definition) is 1. The van der Waals surface area contributed by atoms with Crippen LogP contribution in [0.25, 0.3) is 0 Å². The Kier molecular flexibility index (Phi) is 5.20. The monoisotopic (exact) mass is 325 g/mol. The van der Waals surface area contributed by atoms with Crippen LogP contribution < -0.4 is 5.73 Å². The maximum absolute atomic E-state index is 12.5. The molecule has 1 saturated heterocycles. The van der Waals surface area contributed by atoms with E-state index in [4.69, 9.17) is 5.73 Å². The van der Waals surface area contributed by atoms with Crippen molar-refractivity contribution >= 4 is 15.9 Å². The van der Waals surface area contributed by atoms with Crippen LogP contribution in [0.5, 0.6) is 0 Å². The normalized spacial score (nSPS) is 19.7. The average Bonchev–Trinajstić information content (AvgIpc) is 2.54. The van der Waals surface area contributed by atoms with Gasteiger partial charge in [0.05, 0.1) is 10.8 Å². The highest BCUT2D eigenvalue weighted by molar-refractivity contribution is 7.89. The molecule has 0 radical (unpaired) electrons. The summed E-state index contributed by atoms with van der Waals surface area (Å²) in [6, 6.07) is 8.16. The van der Waals surface area contributed by atoms with Gasteiger partial charge in [0.1, 0.15) is 0 Å². The number of piperazine rings is 1. The maximum atomic E-state index is 12.5. The number of carbonyl (C=O) groups is 1. The summed E-state index contributed by atoms with van der Waals surface area (Å²) in [6.45, 7) is 5.05. The Morgan fingerprint density at radius 3 is 2.14 bits per heavy atom. The SMILES string of the molecule is CC(N)C(C)C(=O)N1CCN(S(=O)(=O)c2ccccc2)CC1. The van der Waals surface area contributed by atoms with Crippen LogP contribution in [0.15, 0.2) is 35.2 Å². The average molecular weight is 325 g/mol. The first-order valence-corrected chi connectivity index (χ1v) is 8.87. The highest BCUT2D eigenvalue weighted by Gasteiger charge is 2.31. The Morgan fingerprint density at radius 2 is 1.64 bits per heavy atom. The number of amides is 1. The Balaban J connectivity index is 2.02. The molecule has 0 aromatic heterocycles. The zero-order chi connectivity index (χ0) is 16.3. The molecule has 1 fully saturated rings. The van der Waals surface area contributed by atoms with E-state index in [0.717, 1.165) is 0 Å². The second kappa shape index (κ2) is 6.76. The molecule has 1 aromatic rings. The fourth-order valence-corrected chi connectivity index (χ4v) is 3.85. The molecule has 7 heteroatoms. The molecule has 22 heavy (non-hydrogen) atoms. The maximum Gasteiger partial charge on any atom is 0.243 e. The van der Waals surface area contributed by atoms with Gasteiger partial charge in [0.25, 0.3) is 0 Å². The number of hydrogen-bond acceptors (Lipinski definition) is 4. The lowest BCUT2D eigenvalue weighted by Gasteiger charge is -2.35. The number of benzene rings is 1. The number of sulfonamides is 1. The van der Waals surface area contributed by atoms with Gasteiger partial charge in [0, 0.05) is 32.2 Å². The summed E-state index contributed by atoms with van der Waals surface area (Å²) in [5.74, 6) is -0.260. The third-order valence-corrected chi connectivity index (χ3v) is 6.02. The molecule has 1 aliphatic heterocycles. The lowest BCUT2D eigenvalue weighted by molar-refractivity contribution is -0.136. The molecule has 0 bridgehead atoms. The molecular weight excluding hydrogens is 302 g/mol. The zero-order valence-electron chi connectivity index (χ0n) is 13.0. The van der Waals surface area contributed by atoms with E-state index in [1.807, 2.05) is 0 Å². The van der Waals surface area contributed by atoms with Crippen molar-refractivity contribution in [2.75, 3.05) is 26.2 Å². The number of nitrogens with zero attached hydrogens (tertiary/aromatic N) is 2. The largest absolute Gasteiger partial charge is 0.340 e. The highest BCUT2D eigenvalue weighted by Crippen LogP contribution is 2.18. The van der Waals surface area contributed by atoms with Gasteiger partial charge in [-0.05, 0) is 19.1 Å². The summed E-state index contributed by atoms with van der Waals surface area (Å²) >= 11 is 0. The molecular formula is C15H23N3O3S. The first-order chi connectivity index (χ1) is 10.3. The molecule has 2 atom stereocenters. The standard InChI is InChI=1S/C15H23N3O3S/c1-12(13(2)16)15(19)17-8-10-18(11-9-17)22(20,21)14-6-4-3-5-7-14/h3-7,12-13H,8-11,16H2,1-2H3. The minimum Gasteiger partial charge on any atom is -0.340 e. The third-order valence-electron chi connectivity index (χ3n) is 4.11. The molecule has 2 N–H and O–H groups in total. The lowest BCUT2D eigenvalue weighted by Crippen LogP contribution is -2.53. The van der Waals surface area contributed by atoms with Gasteiger partial charge in [-0.2, -0.15) is 4.31 Å². The summed E-state index contributed by atoms with van der Waals surface area (Å²) in [5.41, 5.74) is 5.76. The van der Waals surface area contributed by atoms with Crippen molar-refractivity contribution in [1.29, 1.82) is 0 Å². The second-order valence-corrected chi connectivity index (χ2v) is 7.63. The van der Waals surface area contributed by atoms with E-state index < -0.39 is 10.0 Å². The molecule has 1 amide bonds. The Morgan fingerprint density at radius 1 is 1.09 bits per heavy atom. The van der Waals surface area contributed by atoms with Gasteiger partial charge in [-0.3, -0.25) is 4.79 Å². The van der Waals surface area contributed by atoms with Gasteiger partial charge in [0.15, 0.2) is 0 Å². The van der Waals surface area contributed by atoms with Gasteiger partial charge in [-0.15, -0.1) is 0 Å². The first-order valence-electron chi connectivity index (χ1n) is 7.43. The van der Waals surface area contributed by atoms with E-state index in [9.17, 15) is 13.2 Å². The van der Waals surface area contributed by atoms with Crippen LogP contribution in [0.3, 0.4) is 0 Å². The summed E-state index contributed by atoms with van der Waals surface area (Å²) in [6.07, 6.45) is 0. The quantitative estimate of drug-likeness (QED) is 0.874. The van der Waals surface area contributed by atoms with E-state index >= 15 is 0 Å². The number of rotatable bonds is 4. The molecule has 2 unspecified atom stereocenters.